The van der Waals surface area contributed by atoms with Gasteiger partial charge < -0.3 is 20.5 Å². The Labute approximate surface area is 138 Å². The van der Waals surface area contributed by atoms with Crippen molar-refractivity contribution in [3.8, 4) is 11.5 Å². The second kappa shape index (κ2) is 8.86. The van der Waals surface area contributed by atoms with E-state index in [1.165, 1.54) is 0 Å². The highest BCUT2D eigenvalue weighted by Crippen LogP contribution is 2.25. The van der Waals surface area contributed by atoms with Crippen LogP contribution in [0.25, 0.3) is 0 Å². The molecule has 0 aromatic heterocycles. The van der Waals surface area contributed by atoms with Crippen molar-refractivity contribution >= 4 is 18.3 Å². The molecule has 1 aromatic carbocycles. The maximum atomic E-state index is 12.3. The minimum absolute atomic E-state index is 0. The fourth-order valence-electron chi connectivity index (χ4n) is 2.84. The van der Waals surface area contributed by atoms with Crippen LogP contribution in [-0.2, 0) is 0 Å². The van der Waals surface area contributed by atoms with Crippen LogP contribution in [0.4, 0.5) is 0 Å². The van der Waals surface area contributed by atoms with Crippen LogP contribution in [0.2, 0.25) is 0 Å². The van der Waals surface area contributed by atoms with Gasteiger partial charge in [0, 0.05) is 12.6 Å². The van der Waals surface area contributed by atoms with Gasteiger partial charge in [-0.15, -0.1) is 12.4 Å². The zero-order chi connectivity index (χ0) is 15.2. The van der Waals surface area contributed by atoms with E-state index in [0.717, 1.165) is 25.7 Å². The molecule has 0 aliphatic heterocycles. The third kappa shape index (κ3) is 4.78. The second-order valence-electron chi connectivity index (χ2n) is 5.57. The van der Waals surface area contributed by atoms with E-state index in [1.54, 1.807) is 32.4 Å². The SMILES string of the molecule is COc1ccc(OC)c(C(=O)NCC2CCCC(N)C2)c1.Cl. The highest BCUT2D eigenvalue weighted by molar-refractivity contribution is 5.97. The first-order valence-electron chi connectivity index (χ1n) is 7.40. The number of hydrogen-bond acceptors (Lipinski definition) is 4. The van der Waals surface area contributed by atoms with E-state index in [4.69, 9.17) is 15.2 Å². The van der Waals surface area contributed by atoms with E-state index in [0.29, 0.717) is 29.5 Å². The van der Waals surface area contributed by atoms with E-state index in [2.05, 4.69) is 5.32 Å². The molecule has 0 saturated heterocycles. The fourth-order valence-corrected chi connectivity index (χ4v) is 2.84. The standard InChI is InChI=1S/C16H24N2O3.ClH/c1-20-13-6-7-15(21-2)14(9-13)16(19)18-10-11-4-3-5-12(17)8-11;/h6-7,9,11-12H,3-5,8,10,17H2,1-2H3,(H,18,19);1H. The lowest BCUT2D eigenvalue weighted by atomic mass is 9.86. The highest BCUT2D eigenvalue weighted by Gasteiger charge is 2.21. The minimum Gasteiger partial charge on any atom is -0.497 e. The smallest absolute Gasteiger partial charge is 0.255 e. The number of carbonyl (C=O) groups excluding carboxylic acids is 1. The Bertz CT molecular complexity index is 496. The Morgan fingerprint density at radius 3 is 2.73 bits per heavy atom. The molecule has 0 radical (unpaired) electrons. The van der Waals surface area contributed by atoms with E-state index in [9.17, 15) is 4.79 Å². The zero-order valence-electron chi connectivity index (χ0n) is 13.1. The molecule has 5 nitrogen and oxygen atoms in total. The Morgan fingerprint density at radius 2 is 2.09 bits per heavy atom. The predicted octanol–water partition coefficient (Wildman–Crippen LogP) is 2.37. The van der Waals surface area contributed by atoms with Crippen molar-refractivity contribution in [1.82, 2.24) is 5.32 Å². The van der Waals surface area contributed by atoms with Crippen LogP contribution in [0, 0.1) is 5.92 Å². The number of amides is 1. The maximum absolute atomic E-state index is 12.3. The third-order valence-corrected chi connectivity index (χ3v) is 4.03. The molecule has 2 rings (SSSR count). The number of methoxy groups -OCH3 is 2. The van der Waals surface area contributed by atoms with Gasteiger partial charge in [-0.25, -0.2) is 0 Å². The molecule has 1 fully saturated rings. The van der Waals surface area contributed by atoms with Crippen LogP contribution in [0.3, 0.4) is 0 Å². The third-order valence-electron chi connectivity index (χ3n) is 4.03. The van der Waals surface area contributed by atoms with Crippen LogP contribution in [0.1, 0.15) is 36.0 Å². The number of carbonyl (C=O) groups is 1. The van der Waals surface area contributed by atoms with E-state index in [-0.39, 0.29) is 24.4 Å². The Balaban J connectivity index is 0.00000242. The Kier molecular flexibility index (Phi) is 7.48. The molecular formula is C16H25ClN2O3. The number of rotatable bonds is 5. The molecule has 0 heterocycles. The molecule has 1 aliphatic rings. The summed E-state index contributed by atoms with van der Waals surface area (Å²) in [5.41, 5.74) is 6.47. The van der Waals surface area contributed by atoms with Crippen molar-refractivity contribution in [2.45, 2.75) is 31.7 Å². The Morgan fingerprint density at radius 1 is 1.32 bits per heavy atom. The first kappa shape index (κ1) is 18.6. The average Bonchev–Trinajstić information content (AvgIpc) is 2.52. The van der Waals surface area contributed by atoms with Gasteiger partial charge in [0.1, 0.15) is 11.5 Å². The largest absolute Gasteiger partial charge is 0.497 e. The van der Waals surface area contributed by atoms with Crippen molar-refractivity contribution < 1.29 is 14.3 Å². The van der Waals surface area contributed by atoms with Gasteiger partial charge in [0.15, 0.2) is 0 Å². The van der Waals surface area contributed by atoms with Crippen molar-refractivity contribution in [3.63, 3.8) is 0 Å². The minimum atomic E-state index is -0.134. The topological polar surface area (TPSA) is 73.6 Å². The number of ether oxygens (including phenoxy) is 2. The zero-order valence-corrected chi connectivity index (χ0v) is 13.9. The number of hydrogen-bond donors (Lipinski definition) is 2. The fraction of sp³-hybridized carbons (Fsp3) is 0.562. The van der Waals surface area contributed by atoms with Gasteiger partial charge in [0.05, 0.1) is 19.8 Å². The summed E-state index contributed by atoms with van der Waals surface area (Å²) >= 11 is 0. The van der Waals surface area contributed by atoms with Crippen LogP contribution < -0.4 is 20.5 Å². The van der Waals surface area contributed by atoms with Crippen molar-refractivity contribution in [2.24, 2.45) is 11.7 Å². The number of benzene rings is 1. The molecule has 124 valence electrons. The van der Waals surface area contributed by atoms with E-state index < -0.39 is 0 Å². The van der Waals surface area contributed by atoms with Gasteiger partial charge in [-0.3, -0.25) is 4.79 Å². The molecule has 2 unspecified atom stereocenters. The molecule has 1 aromatic rings. The summed E-state index contributed by atoms with van der Waals surface area (Å²) in [6.45, 7) is 0.660. The van der Waals surface area contributed by atoms with Gasteiger partial charge in [0.2, 0.25) is 0 Å². The summed E-state index contributed by atoms with van der Waals surface area (Å²) in [7, 11) is 3.13. The van der Waals surface area contributed by atoms with E-state index in [1.807, 2.05) is 0 Å². The van der Waals surface area contributed by atoms with Gasteiger partial charge in [0.25, 0.3) is 5.91 Å². The van der Waals surface area contributed by atoms with Crippen LogP contribution in [0.15, 0.2) is 18.2 Å². The van der Waals surface area contributed by atoms with Crippen LogP contribution in [0.5, 0.6) is 11.5 Å². The molecule has 1 aliphatic carbocycles. The lowest BCUT2D eigenvalue weighted by molar-refractivity contribution is 0.0939. The van der Waals surface area contributed by atoms with Crippen molar-refractivity contribution in [2.75, 3.05) is 20.8 Å². The second-order valence-corrected chi connectivity index (χ2v) is 5.57. The summed E-state index contributed by atoms with van der Waals surface area (Å²) in [6.07, 6.45) is 4.34. The van der Waals surface area contributed by atoms with Gasteiger partial charge >= 0.3 is 0 Å². The average molecular weight is 329 g/mol. The molecule has 0 bridgehead atoms. The summed E-state index contributed by atoms with van der Waals surface area (Å²) in [5, 5.41) is 2.99. The van der Waals surface area contributed by atoms with Crippen molar-refractivity contribution in [1.29, 1.82) is 0 Å². The molecule has 2 atom stereocenters. The summed E-state index contributed by atoms with van der Waals surface area (Å²) in [4.78, 5) is 12.3. The number of nitrogens with one attached hydrogen (secondary N) is 1. The van der Waals surface area contributed by atoms with Crippen molar-refractivity contribution in [3.05, 3.63) is 23.8 Å². The van der Waals surface area contributed by atoms with Gasteiger partial charge in [-0.1, -0.05) is 6.42 Å². The molecule has 1 saturated carbocycles. The molecule has 1 amide bonds. The predicted molar refractivity (Wildman–Crippen MR) is 89.1 cm³/mol. The first-order valence-corrected chi connectivity index (χ1v) is 7.40. The highest BCUT2D eigenvalue weighted by atomic mass is 35.5. The number of halogens is 1. The molecular weight excluding hydrogens is 304 g/mol. The molecule has 6 heteroatoms. The number of nitrogens with two attached hydrogens (primary N) is 1. The Hall–Kier alpha value is -1.46. The normalized spacial score (nSPS) is 20.7. The molecule has 22 heavy (non-hydrogen) atoms. The monoisotopic (exact) mass is 328 g/mol. The van der Waals surface area contributed by atoms with Gasteiger partial charge in [-0.05, 0) is 43.4 Å². The summed E-state index contributed by atoms with van der Waals surface area (Å²) in [6, 6.07) is 5.48. The van der Waals surface area contributed by atoms with E-state index >= 15 is 0 Å². The molecule has 0 spiro atoms. The summed E-state index contributed by atoms with van der Waals surface area (Å²) in [5.74, 6) is 1.52. The van der Waals surface area contributed by atoms with Crippen LogP contribution in [-0.4, -0.2) is 32.7 Å². The van der Waals surface area contributed by atoms with Gasteiger partial charge in [-0.2, -0.15) is 0 Å². The molecule has 3 N–H and O–H groups in total. The quantitative estimate of drug-likeness (QED) is 0.870. The first-order chi connectivity index (χ1) is 10.1. The maximum Gasteiger partial charge on any atom is 0.255 e. The lowest BCUT2D eigenvalue weighted by Crippen LogP contribution is -2.35. The summed E-state index contributed by atoms with van der Waals surface area (Å²) < 4.78 is 10.4. The van der Waals surface area contributed by atoms with Crippen LogP contribution >= 0.6 is 12.4 Å². The lowest BCUT2D eigenvalue weighted by Gasteiger charge is -2.26.